The number of rotatable bonds is 18. The fourth-order valence-electron chi connectivity index (χ4n) is 8.03. The lowest BCUT2D eigenvalue weighted by Gasteiger charge is -2.31. The summed E-state index contributed by atoms with van der Waals surface area (Å²) >= 11 is 0. The maximum atomic E-state index is 10.4. The van der Waals surface area contributed by atoms with Gasteiger partial charge in [-0.2, -0.15) is 0 Å². The Kier molecular flexibility index (Phi) is 25.4. The van der Waals surface area contributed by atoms with Crippen LogP contribution in [-0.4, -0.2) is 81.3 Å². The summed E-state index contributed by atoms with van der Waals surface area (Å²) in [5.41, 5.74) is 10.1. The molecule has 1 aliphatic carbocycles. The number of H-pyrrole nitrogens is 2. The number of nitrogens with zero attached hydrogens (tertiary/aromatic N) is 4. The van der Waals surface area contributed by atoms with E-state index in [9.17, 15) is 9.59 Å². The summed E-state index contributed by atoms with van der Waals surface area (Å²) in [6.45, 7) is 27.6. The van der Waals surface area contributed by atoms with Crippen molar-refractivity contribution in [3.63, 3.8) is 0 Å². The molecule has 10 nitrogen and oxygen atoms in total. The van der Waals surface area contributed by atoms with Crippen LogP contribution in [0.4, 0.5) is 0 Å². The second-order valence-corrected chi connectivity index (χ2v) is 16.6. The molecule has 2 aromatic heterocycles. The number of benzene rings is 3. The topological polar surface area (TPSA) is 122 Å². The average Bonchev–Trinajstić information content (AvgIpc) is 3.94. The fourth-order valence-corrected chi connectivity index (χ4v) is 8.03. The number of hydrogen-bond donors (Lipinski definition) is 4. The van der Waals surface area contributed by atoms with Gasteiger partial charge in [-0.05, 0) is 116 Å². The van der Waals surface area contributed by atoms with E-state index in [1.54, 1.807) is 12.2 Å². The molecule has 0 aliphatic heterocycles. The van der Waals surface area contributed by atoms with Crippen LogP contribution in [0.25, 0.3) is 44.2 Å². The molecule has 4 N–H and O–H groups in total. The maximum absolute atomic E-state index is 10.4. The van der Waals surface area contributed by atoms with Crippen molar-refractivity contribution in [1.29, 1.82) is 0 Å². The zero-order valence-electron chi connectivity index (χ0n) is 41.0. The summed E-state index contributed by atoms with van der Waals surface area (Å²) in [4.78, 5) is 42.3. The number of carbonyl (C=O) groups is 2. The number of imidazole rings is 2. The van der Waals surface area contributed by atoms with E-state index in [1.165, 1.54) is 77.6 Å². The third-order valence-electron chi connectivity index (χ3n) is 11.1. The number of unbranched alkanes of at least 4 members (excludes halogenated alkanes) is 1. The van der Waals surface area contributed by atoms with E-state index < -0.39 is 0 Å². The van der Waals surface area contributed by atoms with Gasteiger partial charge in [0.15, 0.2) is 0 Å². The van der Waals surface area contributed by atoms with Crippen LogP contribution in [0.15, 0.2) is 74.0 Å². The molecule has 348 valence electrons. The number of nitrogens with one attached hydrogen (secondary N) is 4. The molecule has 6 rings (SSSR count). The van der Waals surface area contributed by atoms with Crippen molar-refractivity contribution in [1.82, 2.24) is 40.4 Å². The van der Waals surface area contributed by atoms with Gasteiger partial charge >= 0.3 is 0 Å². The van der Waals surface area contributed by atoms with Gasteiger partial charge in [-0.3, -0.25) is 19.4 Å². The van der Waals surface area contributed by atoms with Gasteiger partial charge in [-0.25, -0.2) is 9.97 Å². The minimum Gasteiger partial charge on any atom is -0.353 e. The molecule has 64 heavy (non-hydrogen) atoms. The number of amides is 2. The molecular weight excluding hydrogens is 793 g/mol. The molecule has 2 heterocycles. The predicted molar refractivity (Wildman–Crippen MR) is 273 cm³/mol. The van der Waals surface area contributed by atoms with Gasteiger partial charge in [0.1, 0.15) is 11.6 Å². The molecule has 1 aliphatic rings. The normalized spacial score (nSPS) is 12.1. The standard InChI is InChI=1S/C38H50N6.C6H11NO.C5H9NO.C3H8.C2H2/c1-7-10-11-25(4)35(9-3)44(6)24-37-40-33-17-15-28-20-31-27(21-32(28)38(33)42-37)13-12-26-19-29(14-16-30(26)31)34-22-39-36(41-34)23-43(5)18-8-2;1-3-5-7-6(8)4-2;1-3-4-6-5(2)7;1-3-2;1-2/h14-17,19-22,25,35H,7-13,18,23-24H2,1-6H3,(H,39,41)(H,40,42);3H,1,4-5H2,2H3,(H,7,8);3H,1,4H2,2H3,(H,6,7);3H2,1-2H3;1-2H/t25?,35-;;;;/m1..../s1. The fraction of sp³-hybridized carbons (Fsp3) is 0.481. The lowest BCUT2D eigenvalue weighted by Crippen LogP contribution is -2.36. The summed E-state index contributed by atoms with van der Waals surface area (Å²) in [5.74, 6) is 2.84. The molecule has 2 amide bonds. The van der Waals surface area contributed by atoms with Gasteiger partial charge in [-0.15, -0.1) is 26.0 Å². The first-order valence-electron chi connectivity index (χ1n) is 23.4. The highest BCUT2D eigenvalue weighted by atomic mass is 16.2. The quantitative estimate of drug-likeness (QED) is 0.0514. The molecule has 0 fully saturated rings. The van der Waals surface area contributed by atoms with E-state index >= 15 is 0 Å². The third-order valence-corrected chi connectivity index (χ3v) is 11.1. The zero-order valence-corrected chi connectivity index (χ0v) is 41.0. The number of fused-ring (bicyclic) bond motifs is 6. The predicted octanol–water partition coefficient (Wildman–Crippen LogP) is 11.4. The van der Waals surface area contributed by atoms with Gasteiger partial charge < -0.3 is 20.6 Å². The van der Waals surface area contributed by atoms with Gasteiger partial charge in [0.2, 0.25) is 11.8 Å². The van der Waals surface area contributed by atoms with Crippen LogP contribution < -0.4 is 10.6 Å². The number of aromatic nitrogens is 4. The smallest absolute Gasteiger partial charge is 0.219 e. The highest BCUT2D eigenvalue weighted by Crippen LogP contribution is 2.39. The number of aryl methyl sites for hydroxylation is 2. The van der Waals surface area contributed by atoms with E-state index in [0.29, 0.717) is 31.5 Å². The molecule has 3 aromatic carbocycles. The summed E-state index contributed by atoms with van der Waals surface area (Å²) in [5, 5.41) is 7.68. The van der Waals surface area contributed by atoms with Crippen molar-refractivity contribution in [2.75, 3.05) is 33.7 Å². The first kappa shape index (κ1) is 54.6. The van der Waals surface area contributed by atoms with Crippen LogP contribution in [0.2, 0.25) is 0 Å². The molecular formula is C54H80N8O2. The number of terminal acetylenes is 1. The Morgan fingerprint density at radius 1 is 0.859 bits per heavy atom. The molecule has 5 aromatic rings. The van der Waals surface area contributed by atoms with Crippen molar-refractivity contribution < 1.29 is 9.59 Å². The molecule has 0 spiro atoms. The van der Waals surface area contributed by atoms with Crippen molar-refractivity contribution in [2.24, 2.45) is 5.92 Å². The number of aromatic amines is 2. The summed E-state index contributed by atoms with van der Waals surface area (Å²) in [6.07, 6.45) is 23.3. The van der Waals surface area contributed by atoms with Crippen LogP contribution in [-0.2, 0) is 35.5 Å². The number of hydrogen-bond acceptors (Lipinski definition) is 6. The van der Waals surface area contributed by atoms with Crippen LogP contribution in [0.5, 0.6) is 0 Å². The molecule has 1 unspecified atom stereocenters. The average molecular weight is 873 g/mol. The monoisotopic (exact) mass is 873 g/mol. The van der Waals surface area contributed by atoms with Gasteiger partial charge in [0.25, 0.3) is 0 Å². The maximum Gasteiger partial charge on any atom is 0.219 e. The van der Waals surface area contributed by atoms with Crippen LogP contribution in [0.3, 0.4) is 0 Å². The van der Waals surface area contributed by atoms with Crippen LogP contribution in [0.1, 0.15) is 123 Å². The Hall–Kier alpha value is -5.50. The summed E-state index contributed by atoms with van der Waals surface area (Å²) in [7, 11) is 4.41. The molecule has 2 atom stereocenters. The largest absolute Gasteiger partial charge is 0.353 e. The second kappa shape index (κ2) is 29.8. The third kappa shape index (κ3) is 16.9. The highest BCUT2D eigenvalue weighted by Gasteiger charge is 2.22. The second-order valence-electron chi connectivity index (χ2n) is 16.6. The van der Waals surface area contributed by atoms with E-state index in [0.717, 1.165) is 67.3 Å². The van der Waals surface area contributed by atoms with Crippen LogP contribution >= 0.6 is 0 Å². The Morgan fingerprint density at radius 3 is 2.12 bits per heavy atom. The first-order chi connectivity index (χ1) is 30.9. The Balaban J connectivity index is 0.000000591. The Morgan fingerprint density at radius 2 is 1.53 bits per heavy atom. The minimum absolute atomic E-state index is 0.0140. The van der Waals surface area contributed by atoms with E-state index in [-0.39, 0.29) is 11.8 Å². The van der Waals surface area contributed by atoms with Gasteiger partial charge in [0.05, 0.1) is 36.0 Å². The summed E-state index contributed by atoms with van der Waals surface area (Å²) in [6, 6.07) is 16.8. The molecule has 0 saturated heterocycles. The SMILES string of the molecule is C#C.C=CCNC(=O)CC.C=CCNC(C)=O.CCC.CCCCC(C)[C@@H](CC)N(C)Cc1nc2c(ccc3cc4c(cc32)CCc2cc(-c3cnc(CN(C)CCC)[nH]3)ccc2-4)[nH]1. The van der Waals surface area contributed by atoms with Gasteiger partial charge in [0, 0.05) is 37.9 Å². The van der Waals surface area contributed by atoms with Crippen LogP contribution in [0, 0.1) is 18.8 Å². The molecule has 10 heteroatoms. The Bertz CT molecular complexity index is 2200. The first-order valence-corrected chi connectivity index (χ1v) is 23.4. The van der Waals surface area contributed by atoms with Crippen molar-refractivity contribution in [3.8, 4) is 35.2 Å². The molecule has 0 radical (unpaired) electrons. The van der Waals surface area contributed by atoms with Crippen molar-refractivity contribution in [3.05, 3.63) is 96.7 Å². The number of carbonyl (C=O) groups excluding carboxylic acids is 2. The van der Waals surface area contributed by atoms with Gasteiger partial charge in [-0.1, -0.05) is 98.1 Å². The van der Waals surface area contributed by atoms with E-state index in [2.05, 4.69) is 159 Å². The molecule has 0 bridgehead atoms. The van der Waals surface area contributed by atoms with Crippen molar-refractivity contribution >= 4 is 33.6 Å². The molecule has 0 saturated carbocycles. The van der Waals surface area contributed by atoms with E-state index in [1.807, 2.05) is 13.1 Å². The Labute approximate surface area is 386 Å². The minimum atomic E-state index is -0.0140. The summed E-state index contributed by atoms with van der Waals surface area (Å²) < 4.78 is 0. The lowest BCUT2D eigenvalue weighted by atomic mass is 9.83. The highest BCUT2D eigenvalue weighted by molar-refractivity contribution is 6.06. The zero-order chi connectivity index (χ0) is 47.6. The lowest BCUT2D eigenvalue weighted by molar-refractivity contribution is -0.120. The van der Waals surface area contributed by atoms with E-state index in [4.69, 9.17) is 4.98 Å². The van der Waals surface area contributed by atoms with Crippen molar-refractivity contribution in [2.45, 2.75) is 132 Å².